The Hall–Kier alpha value is -2.99. The van der Waals surface area contributed by atoms with Gasteiger partial charge in [0.15, 0.2) is 5.69 Å². The lowest BCUT2D eigenvalue weighted by Gasteiger charge is -2.35. The molecule has 3 aromatic rings. The molecule has 1 aromatic heterocycles. The number of benzene rings is 2. The monoisotopic (exact) mass is 396 g/mol. The number of hydrogen-bond donors (Lipinski definition) is 0. The van der Waals surface area contributed by atoms with E-state index in [1.165, 1.54) is 0 Å². The van der Waals surface area contributed by atoms with E-state index in [0.29, 0.717) is 18.8 Å². The van der Waals surface area contributed by atoms with Crippen LogP contribution in [-0.4, -0.2) is 53.9 Å². The van der Waals surface area contributed by atoms with Crippen molar-refractivity contribution in [2.24, 2.45) is 0 Å². The zero-order valence-electron chi connectivity index (χ0n) is 15.6. The number of rotatable bonds is 4. The zero-order valence-corrected chi connectivity index (χ0v) is 16.3. The molecule has 0 bridgehead atoms. The lowest BCUT2D eigenvalue weighted by Crippen LogP contribution is -2.48. The van der Waals surface area contributed by atoms with Gasteiger partial charge in [-0.05, 0) is 54.6 Å². The first-order valence-electron chi connectivity index (χ1n) is 9.14. The summed E-state index contributed by atoms with van der Waals surface area (Å²) in [6.45, 7) is 2.90. The normalized spacial score (nSPS) is 14.2. The summed E-state index contributed by atoms with van der Waals surface area (Å²) in [4.78, 5) is 16.9. The highest BCUT2D eigenvalue weighted by atomic mass is 35.5. The minimum Gasteiger partial charge on any atom is -0.497 e. The number of ether oxygens (including phenoxy) is 1. The average Bonchev–Trinajstić information content (AvgIpc) is 3.24. The molecular formula is C21H21ClN4O2. The first-order valence-corrected chi connectivity index (χ1v) is 9.52. The molecule has 144 valence electrons. The van der Waals surface area contributed by atoms with Crippen LogP contribution >= 0.6 is 11.6 Å². The van der Waals surface area contributed by atoms with Crippen LogP contribution in [0.1, 0.15) is 10.5 Å². The fourth-order valence-corrected chi connectivity index (χ4v) is 3.42. The Morgan fingerprint density at radius 3 is 2.21 bits per heavy atom. The molecule has 0 N–H and O–H groups in total. The van der Waals surface area contributed by atoms with E-state index >= 15 is 0 Å². The molecule has 0 spiro atoms. The Bertz CT molecular complexity index is 945. The Morgan fingerprint density at radius 2 is 1.57 bits per heavy atom. The molecule has 28 heavy (non-hydrogen) atoms. The second-order valence-corrected chi connectivity index (χ2v) is 7.04. The molecule has 1 aliphatic rings. The van der Waals surface area contributed by atoms with Gasteiger partial charge >= 0.3 is 0 Å². The van der Waals surface area contributed by atoms with E-state index in [9.17, 15) is 4.79 Å². The maximum Gasteiger partial charge on any atom is 0.274 e. The van der Waals surface area contributed by atoms with Crippen LogP contribution < -0.4 is 9.64 Å². The highest BCUT2D eigenvalue weighted by Crippen LogP contribution is 2.20. The van der Waals surface area contributed by atoms with E-state index in [0.717, 1.165) is 35.2 Å². The van der Waals surface area contributed by atoms with Crippen LogP contribution in [0, 0.1) is 0 Å². The standard InChI is InChI=1S/C21H21ClN4O2/c1-28-19-8-6-18(7-9-19)26-11-10-20(23-26)21(27)25-14-12-24(13-15-25)17-4-2-16(22)3-5-17/h2-11H,12-15H2,1H3. The molecule has 7 heteroatoms. The van der Waals surface area contributed by atoms with Crippen molar-refractivity contribution in [1.29, 1.82) is 0 Å². The summed E-state index contributed by atoms with van der Waals surface area (Å²) in [5.74, 6) is 0.744. The SMILES string of the molecule is COc1ccc(-n2ccc(C(=O)N3CCN(c4ccc(Cl)cc4)CC3)n2)cc1. The molecule has 1 aliphatic heterocycles. The van der Waals surface area contributed by atoms with Gasteiger partial charge in [-0.1, -0.05) is 11.6 Å². The minimum atomic E-state index is -0.0389. The van der Waals surface area contributed by atoms with E-state index in [4.69, 9.17) is 16.3 Å². The van der Waals surface area contributed by atoms with Gasteiger partial charge in [0.05, 0.1) is 12.8 Å². The van der Waals surface area contributed by atoms with Crippen LogP contribution in [0.5, 0.6) is 5.75 Å². The van der Waals surface area contributed by atoms with Crippen molar-refractivity contribution in [3.63, 3.8) is 0 Å². The molecule has 0 saturated carbocycles. The Kier molecular flexibility index (Phi) is 5.21. The number of amides is 1. The van der Waals surface area contributed by atoms with Crippen LogP contribution in [0.3, 0.4) is 0 Å². The second kappa shape index (κ2) is 7.94. The van der Waals surface area contributed by atoms with E-state index < -0.39 is 0 Å². The predicted octanol–water partition coefficient (Wildman–Crippen LogP) is 3.50. The molecule has 1 saturated heterocycles. The third kappa shape index (κ3) is 3.82. The topological polar surface area (TPSA) is 50.6 Å². The van der Waals surface area contributed by atoms with Crippen molar-refractivity contribution >= 4 is 23.2 Å². The van der Waals surface area contributed by atoms with E-state index in [1.54, 1.807) is 24.1 Å². The number of carbonyl (C=O) groups is 1. The van der Waals surface area contributed by atoms with E-state index in [1.807, 2.05) is 53.4 Å². The van der Waals surface area contributed by atoms with Crippen molar-refractivity contribution < 1.29 is 9.53 Å². The van der Waals surface area contributed by atoms with Gasteiger partial charge in [0.25, 0.3) is 5.91 Å². The smallest absolute Gasteiger partial charge is 0.274 e. The number of hydrogen-bond acceptors (Lipinski definition) is 4. The largest absolute Gasteiger partial charge is 0.497 e. The number of nitrogens with zero attached hydrogens (tertiary/aromatic N) is 4. The van der Waals surface area contributed by atoms with Gasteiger partial charge < -0.3 is 14.5 Å². The second-order valence-electron chi connectivity index (χ2n) is 6.60. The quantitative estimate of drug-likeness (QED) is 0.677. The van der Waals surface area contributed by atoms with Crippen molar-refractivity contribution in [2.45, 2.75) is 0 Å². The summed E-state index contributed by atoms with van der Waals surface area (Å²) in [6.07, 6.45) is 1.80. The van der Waals surface area contributed by atoms with Crippen molar-refractivity contribution in [3.8, 4) is 11.4 Å². The first kappa shape index (κ1) is 18.4. The Labute approximate surface area is 168 Å². The molecule has 0 radical (unpaired) electrons. The van der Waals surface area contributed by atoms with E-state index in [-0.39, 0.29) is 5.91 Å². The summed E-state index contributed by atoms with van der Waals surface area (Å²) in [5.41, 5.74) is 2.46. The Morgan fingerprint density at radius 1 is 0.929 bits per heavy atom. The van der Waals surface area contributed by atoms with Gasteiger partial charge in [-0.2, -0.15) is 5.10 Å². The lowest BCUT2D eigenvalue weighted by atomic mass is 10.2. The fourth-order valence-electron chi connectivity index (χ4n) is 3.30. The minimum absolute atomic E-state index is 0.0389. The van der Waals surface area contributed by atoms with Crippen LogP contribution in [0.2, 0.25) is 5.02 Å². The van der Waals surface area contributed by atoms with Crippen LogP contribution in [0.4, 0.5) is 5.69 Å². The first-order chi connectivity index (χ1) is 13.6. The fraction of sp³-hybridized carbons (Fsp3) is 0.238. The van der Waals surface area contributed by atoms with Crippen LogP contribution in [-0.2, 0) is 0 Å². The van der Waals surface area contributed by atoms with E-state index in [2.05, 4.69) is 10.00 Å². The molecule has 6 nitrogen and oxygen atoms in total. The molecule has 2 heterocycles. The maximum atomic E-state index is 12.8. The number of aromatic nitrogens is 2. The number of halogens is 1. The third-order valence-electron chi connectivity index (χ3n) is 4.90. The maximum absolute atomic E-state index is 12.8. The summed E-state index contributed by atoms with van der Waals surface area (Å²) in [7, 11) is 1.63. The van der Waals surface area contributed by atoms with Gasteiger partial charge in [0, 0.05) is 43.1 Å². The van der Waals surface area contributed by atoms with Crippen molar-refractivity contribution in [2.75, 3.05) is 38.2 Å². The summed E-state index contributed by atoms with van der Waals surface area (Å²) >= 11 is 5.96. The number of methoxy groups -OCH3 is 1. The molecule has 0 aliphatic carbocycles. The summed E-state index contributed by atoms with van der Waals surface area (Å²) < 4.78 is 6.88. The highest BCUT2D eigenvalue weighted by molar-refractivity contribution is 6.30. The molecule has 0 atom stereocenters. The van der Waals surface area contributed by atoms with Crippen molar-refractivity contribution in [3.05, 3.63) is 71.5 Å². The summed E-state index contributed by atoms with van der Waals surface area (Å²) in [5, 5.41) is 5.18. The summed E-state index contributed by atoms with van der Waals surface area (Å²) in [6, 6.07) is 17.1. The van der Waals surface area contributed by atoms with Crippen LogP contribution in [0.15, 0.2) is 60.8 Å². The molecule has 4 rings (SSSR count). The molecule has 0 unspecified atom stereocenters. The number of anilines is 1. The number of piperazine rings is 1. The molecular weight excluding hydrogens is 376 g/mol. The molecule has 2 aromatic carbocycles. The number of carbonyl (C=O) groups excluding carboxylic acids is 1. The lowest BCUT2D eigenvalue weighted by molar-refractivity contribution is 0.0740. The highest BCUT2D eigenvalue weighted by Gasteiger charge is 2.24. The van der Waals surface area contributed by atoms with Gasteiger partial charge in [-0.25, -0.2) is 4.68 Å². The van der Waals surface area contributed by atoms with Gasteiger partial charge in [0.1, 0.15) is 5.75 Å². The average molecular weight is 397 g/mol. The predicted molar refractivity (Wildman–Crippen MR) is 110 cm³/mol. The van der Waals surface area contributed by atoms with Gasteiger partial charge in [0.2, 0.25) is 0 Å². The molecule has 1 amide bonds. The Balaban J connectivity index is 1.40. The van der Waals surface area contributed by atoms with Crippen molar-refractivity contribution in [1.82, 2.24) is 14.7 Å². The van der Waals surface area contributed by atoms with Gasteiger partial charge in [-0.15, -0.1) is 0 Å². The molecule has 1 fully saturated rings. The zero-order chi connectivity index (χ0) is 19.5. The van der Waals surface area contributed by atoms with Gasteiger partial charge in [-0.3, -0.25) is 4.79 Å². The third-order valence-corrected chi connectivity index (χ3v) is 5.16. The van der Waals surface area contributed by atoms with Crippen LogP contribution in [0.25, 0.3) is 5.69 Å².